The molecule has 0 heterocycles. The Morgan fingerprint density at radius 3 is 2.27 bits per heavy atom. The molecular formula is C30H26. The third-order valence-corrected chi connectivity index (χ3v) is 7.06. The monoisotopic (exact) mass is 386 g/mol. The summed E-state index contributed by atoms with van der Waals surface area (Å²) in [4.78, 5) is 0. The van der Waals surface area contributed by atoms with Crippen molar-refractivity contribution in [2.24, 2.45) is 11.8 Å². The van der Waals surface area contributed by atoms with Gasteiger partial charge in [-0.15, -0.1) is 0 Å². The molecule has 2 aromatic carbocycles. The van der Waals surface area contributed by atoms with Crippen molar-refractivity contribution < 1.29 is 0 Å². The second-order valence-corrected chi connectivity index (χ2v) is 8.73. The second-order valence-electron chi connectivity index (χ2n) is 8.73. The molecule has 0 heteroatoms. The second kappa shape index (κ2) is 7.29. The van der Waals surface area contributed by atoms with Crippen molar-refractivity contribution in [3.63, 3.8) is 0 Å². The van der Waals surface area contributed by atoms with Crippen LogP contribution < -0.4 is 20.9 Å². The Morgan fingerprint density at radius 1 is 0.667 bits per heavy atom. The lowest BCUT2D eigenvalue weighted by Crippen LogP contribution is -2.36. The van der Waals surface area contributed by atoms with E-state index >= 15 is 0 Å². The Morgan fingerprint density at radius 2 is 1.40 bits per heavy atom. The van der Waals surface area contributed by atoms with Gasteiger partial charge in [-0.1, -0.05) is 97.1 Å². The average molecular weight is 387 g/mol. The minimum Gasteiger partial charge on any atom is -0.0767 e. The fraction of sp³-hybridized carbons (Fsp3) is 0.200. The molecule has 0 saturated carbocycles. The summed E-state index contributed by atoms with van der Waals surface area (Å²) in [5.41, 5.74) is 6.15. The van der Waals surface area contributed by atoms with E-state index in [2.05, 4.69) is 97.1 Å². The Hall–Kier alpha value is -3.12. The molecule has 0 N–H and O–H groups in total. The number of rotatable bonds is 2. The van der Waals surface area contributed by atoms with Crippen LogP contribution in [0.3, 0.4) is 0 Å². The molecule has 4 aliphatic carbocycles. The average Bonchev–Trinajstić information content (AvgIpc) is 2.82. The summed E-state index contributed by atoms with van der Waals surface area (Å²) >= 11 is 0. The first-order chi connectivity index (χ1) is 14.9. The van der Waals surface area contributed by atoms with Gasteiger partial charge in [0.15, 0.2) is 0 Å². The lowest BCUT2D eigenvalue weighted by molar-refractivity contribution is 0.696. The molecule has 0 fully saturated rings. The molecule has 0 amide bonds. The van der Waals surface area contributed by atoms with Gasteiger partial charge in [-0.2, -0.15) is 0 Å². The van der Waals surface area contributed by atoms with Gasteiger partial charge in [0, 0.05) is 11.8 Å². The molecule has 0 bridgehead atoms. The third kappa shape index (κ3) is 2.91. The maximum Gasteiger partial charge on any atom is 0.0128 e. The van der Waals surface area contributed by atoms with E-state index in [0.717, 1.165) is 19.3 Å². The normalized spacial score (nSPS) is 24.0. The van der Waals surface area contributed by atoms with Crippen LogP contribution in [0.25, 0.3) is 23.3 Å². The van der Waals surface area contributed by atoms with Gasteiger partial charge in [0.2, 0.25) is 0 Å². The molecule has 0 aromatic heterocycles. The van der Waals surface area contributed by atoms with E-state index in [0.29, 0.717) is 11.8 Å². The molecule has 146 valence electrons. The first kappa shape index (κ1) is 17.7. The standard InChI is InChI=1S/C30H26/c1-4-12-26-21(8-1)11-7-15-27(26)22-16-18-23(19-17-22)30-28-13-5-2-9-24(28)20-25-10-3-6-14-29(25)30/h1-6,8-14,16,18,20,24,28H,7,15,17,19H2. The minimum absolute atomic E-state index is 0.462. The molecular weight excluding hydrogens is 360 g/mol. The van der Waals surface area contributed by atoms with Crippen LogP contribution in [0.5, 0.6) is 0 Å². The molecule has 0 spiro atoms. The number of hydrogen-bond donors (Lipinski definition) is 0. The van der Waals surface area contributed by atoms with E-state index in [4.69, 9.17) is 0 Å². The summed E-state index contributed by atoms with van der Waals surface area (Å²) in [6, 6.07) is 17.8. The molecule has 0 saturated heterocycles. The predicted molar refractivity (Wildman–Crippen MR) is 127 cm³/mol. The van der Waals surface area contributed by atoms with Crippen LogP contribution in [0.15, 0.2) is 96.1 Å². The zero-order valence-corrected chi connectivity index (χ0v) is 17.2. The highest BCUT2D eigenvalue weighted by Gasteiger charge is 2.27. The smallest absolute Gasteiger partial charge is 0.0128 e. The van der Waals surface area contributed by atoms with Crippen molar-refractivity contribution in [2.45, 2.75) is 25.7 Å². The highest BCUT2D eigenvalue weighted by molar-refractivity contribution is 5.76. The summed E-state index contributed by atoms with van der Waals surface area (Å²) in [5, 5.41) is 5.66. The van der Waals surface area contributed by atoms with Crippen LogP contribution in [-0.4, -0.2) is 0 Å². The maximum atomic E-state index is 2.44. The molecule has 2 aromatic rings. The zero-order chi connectivity index (χ0) is 19.9. The van der Waals surface area contributed by atoms with Crippen molar-refractivity contribution in [2.75, 3.05) is 0 Å². The van der Waals surface area contributed by atoms with Crippen molar-refractivity contribution in [1.29, 1.82) is 0 Å². The van der Waals surface area contributed by atoms with Gasteiger partial charge < -0.3 is 0 Å². The summed E-state index contributed by atoms with van der Waals surface area (Å²) in [7, 11) is 0. The molecule has 0 aliphatic heterocycles. The van der Waals surface area contributed by atoms with E-state index in [9.17, 15) is 0 Å². The molecule has 0 radical (unpaired) electrons. The van der Waals surface area contributed by atoms with Gasteiger partial charge in [-0.25, -0.2) is 0 Å². The van der Waals surface area contributed by atoms with Gasteiger partial charge in [0.25, 0.3) is 0 Å². The predicted octanol–water partition coefficient (Wildman–Crippen LogP) is 4.06. The Bertz CT molecular complexity index is 1390. The summed E-state index contributed by atoms with van der Waals surface area (Å²) in [6.07, 6.45) is 23.4. The van der Waals surface area contributed by atoms with Gasteiger partial charge in [0.05, 0.1) is 0 Å². The van der Waals surface area contributed by atoms with Gasteiger partial charge in [-0.3, -0.25) is 0 Å². The lowest BCUT2D eigenvalue weighted by Gasteiger charge is -2.31. The first-order valence-electron chi connectivity index (χ1n) is 11.2. The van der Waals surface area contributed by atoms with Crippen molar-refractivity contribution in [3.8, 4) is 0 Å². The largest absolute Gasteiger partial charge is 0.0767 e. The lowest BCUT2D eigenvalue weighted by atomic mass is 9.73. The van der Waals surface area contributed by atoms with Crippen molar-refractivity contribution in [3.05, 3.63) is 117 Å². The Labute approximate surface area is 178 Å². The summed E-state index contributed by atoms with van der Waals surface area (Å²) < 4.78 is 0. The number of allylic oxidation sites excluding steroid dienone is 8. The topological polar surface area (TPSA) is 0 Å². The van der Waals surface area contributed by atoms with Crippen molar-refractivity contribution >= 4 is 23.3 Å². The maximum absolute atomic E-state index is 2.44. The summed E-state index contributed by atoms with van der Waals surface area (Å²) in [6.45, 7) is 0. The van der Waals surface area contributed by atoms with Gasteiger partial charge in [0.1, 0.15) is 0 Å². The van der Waals surface area contributed by atoms with Crippen LogP contribution in [0.2, 0.25) is 0 Å². The number of fused-ring (bicyclic) bond motifs is 3. The van der Waals surface area contributed by atoms with Crippen LogP contribution in [0, 0.1) is 11.8 Å². The fourth-order valence-corrected chi connectivity index (χ4v) is 5.64. The fourth-order valence-electron chi connectivity index (χ4n) is 5.64. The highest BCUT2D eigenvalue weighted by atomic mass is 14.3. The molecule has 30 heavy (non-hydrogen) atoms. The van der Waals surface area contributed by atoms with E-state index in [1.54, 1.807) is 5.57 Å². The van der Waals surface area contributed by atoms with E-state index < -0.39 is 0 Å². The van der Waals surface area contributed by atoms with Crippen LogP contribution in [0.4, 0.5) is 0 Å². The quantitative estimate of drug-likeness (QED) is 0.730. The minimum atomic E-state index is 0.462. The van der Waals surface area contributed by atoms with E-state index in [1.807, 2.05) is 0 Å². The van der Waals surface area contributed by atoms with Crippen LogP contribution in [0.1, 0.15) is 25.7 Å². The van der Waals surface area contributed by atoms with Crippen LogP contribution >= 0.6 is 0 Å². The molecule has 4 aliphatic rings. The van der Waals surface area contributed by atoms with Gasteiger partial charge >= 0.3 is 0 Å². The van der Waals surface area contributed by atoms with E-state index in [1.165, 1.54) is 44.0 Å². The summed E-state index contributed by atoms with van der Waals surface area (Å²) in [5.74, 6) is 0.935. The highest BCUT2D eigenvalue weighted by Crippen LogP contribution is 2.38. The first-order valence-corrected chi connectivity index (χ1v) is 11.2. The Balaban J connectivity index is 1.49. The van der Waals surface area contributed by atoms with E-state index in [-0.39, 0.29) is 0 Å². The SMILES string of the molecule is C1=CC2C=c3ccccc3=C(C3=CC=C(C4=c5ccccc5=CCC4)CC3)C2C=C1. The number of benzene rings is 2. The Kier molecular flexibility index (Phi) is 4.30. The zero-order valence-electron chi connectivity index (χ0n) is 17.2. The van der Waals surface area contributed by atoms with Crippen LogP contribution in [-0.2, 0) is 0 Å². The molecule has 0 nitrogen and oxygen atoms in total. The number of hydrogen-bond acceptors (Lipinski definition) is 0. The van der Waals surface area contributed by atoms with Gasteiger partial charge in [-0.05, 0) is 68.9 Å². The molecule has 6 rings (SSSR count). The molecule has 2 unspecified atom stereocenters. The third-order valence-electron chi connectivity index (χ3n) is 7.06. The van der Waals surface area contributed by atoms with Crippen molar-refractivity contribution in [1.82, 2.24) is 0 Å². The molecule has 2 atom stereocenters.